The predicted octanol–water partition coefficient (Wildman–Crippen LogP) is 1.54. The average molecular weight is 179 g/mol. The lowest BCUT2D eigenvalue weighted by Gasteiger charge is -1.91. The fraction of sp³-hybridized carbons (Fsp3) is 0.200. The van der Waals surface area contributed by atoms with Crippen LogP contribution in [0.5, 0.6) is 0 Å². The molecule has 1 heterocycles. The van der Waals surface area contributed by atoms with Gasteiger partial charge in [-0.2, -0.15) is 0 Å². The third kappa shape index (κ3) is 1.02. The summed E-state index contributed by atoms with van der Waals surface area (Å²) in [7, 11) is 1.62. The maximum Gasteiger partial charge on any atom is 0.204 e. The van der Waals surface area contributed by atoms with Gasteiger partial charge in [0.2, 0.25) is 5.28 Å². The fourth-order valence-corrected chi connectivity index (χ4v) is 1.05. The van der Waals surface area contributed by atoms with Crippen molar-refractivity contribution in [2.45, 2.75) is 0 Å². The maximum atomic E-state index is 10.3. The molecule has 0 atom stereocenters. The van der Waals surface area contributed by atoms with Crippen molar-refractivity contribution in [2.24, 2.45) is 7.05 Å². The molecule has 0 aliphatic rings. The average Bonchev–Trinajstić information content (AvgIpc) is 2.09. The maximum absolute atomic E-state index is 10.3. The Morgan fingerprint density at radius 2 is 2.20 bits per heavy atom. The Kier molecular flexibility index (Phi) is 1.97. The minimum atomic E-state index is 0.141. The third-order valence-corrected chi connectivity index (χ3v) is 1.77. The molecule has 0 amide bonds. The number of hydrogen-bond acceptors (Lipinski definition) is 2. The van der Waals surface area contributed by atoms with E-state index in [-0.39, 0.29) is 10.4 Å². The molecule has 1 rings (SSSR count). The van der Waals surface area contributed by atoms with Crippen molar-refractivity contribution < 1.29 is 4.79 Å². The predicted molar refractivity (Wildman–Crippen MR) is 38.6 cm³/mol. The Balaban J connectivity index is 3.33. The van der Waals surface area contributed by atoms with Crippen LogP contribution in [0.25, 0.3) is 0 Å². The second-order valence-electron chi connectivity index (χ2n) is 1.73. The molecule has 0 aromatic carbocycles. The van der Waals surface area contributed by atoms with Gasteiger partial charge in [0.25, 0.3) is 0 Å². The number of hydrogen-bond donors (Lipinski definition) is 0. The number of nitrogens with zero attached hydrogens (tertiary/aromatic N) is 2. The summed E-state index contributed by atoms with van der Waals surface area (Å²) in [6.45, 7) is 0. The SMILES string of the molecule is Cn1c(Cl)nc(Cl)c1C=O. The number of aromatic nitrogens is 2. The van der Waals surface area contributed by atoms with E-state index in [2.05, 4.69) is 4.98 Å². The van der Waals surface area contributed by atoms with Crippen LogP contribution in [0.3, 0.4) is 0 Å². The highest BCUT2D eigenvalue weighted by atomic mass is 35.5. The van der Waals surface area contributed by atoms with Crippen LogP contribution in [0.4, 0.5) is 0 Å². The molecule has 0 aliphatic carbocycles. The molecule has 54 valence electrons. The largest absolute Gasteiger partial charge is 0.314 e. The molecule has 0 fully saturated rings. The van der Waals surface area contributed by atoms with E-state index in [1.165, 1.54) is 4.57 Å². The first-order valence-corrected chi connectivity index (χ1v) is 3.25. The number of carbonyl (C=O) groups is 1. The molecule has 0 saturated heterocycles. The smallest absolute Gasteiger partial charge is 0.204 e. The van der Waals surface area contributed by atoms with Crippen molar-refractivity contribution >= 4 is 29.5 Å². The zero-order chi connectivity index (χ0) is 7.72. The summed E-state index contributed by atoms with van der Waals surface area (Å²) in [6, 6.07) is 0. The normalized spacial score (nSPS) is 9.90. The van der Waals surface area contributed by atoms with Crippen LogP contribution < -0.4 is 0 Å². The zero-order valence-electron chi connectivity index (χ0n) is 5.14. The fourth-order valence-electron chi connectivity index (χ4n) is 0.579. The molecule has 0 N–H and O–H groups in total. The highest BCUT2D eigenvalue weighted by molar-refractivity contribution is 6.34. The quantitative estimate of drug-likeness (QED) is 0.612. The van der Waals surface area contributed by atoms with Crippen LogP contribution in [-0.2, 0) is 7.05 Å². The third-order valence-electron chi connectivity index (χ3n) is 1.15. The van der Waals surface area contributed by atoms with Gasteiger partial charge < -0.3 is 4.57 Å². The van der Waals surface area contributed by atoms with Gasteiger partial charge in [0.05, 0.1) is 0 Å². The monoisotopic (exact) mass is 178 g/mol. The molecule has 0 bridgehead atoms. The second-order valence-corrected chi connectivity index (χ2v) is 2.43. The molecular formula is C5H4Cl2N2O. The Hall–Kier alpha value is -0.540. The van der Waals surface area contributed by atoms with Gasteiger partial charge in [-0.25, -0.2) is 4.98 Å². The standard InChI is InChI=1S/C5H4Cl2N2O/c1-9-3(2-10)4(6)8-5(9)7/h2H,1H3. The molecule has 10 heavy (non-hydrogen) atoms. The summed E-state index contributed by atoms with van der Waals surface area (Å²) in [4.78, 5) is 13.9. The molecule has 3 nitrogen and oxygen atoms in total. The highest BCUT2D eigenvalue weighted by Gasteiger charge is 2.08. The molecule has 1 aromatic heterocycles. The van der Waals surface area contributed by atoms with E-state index in [0.29, 0.717) is 12.0 Å². The first-order valence-electron chi connectivity index (χ1n) is 2.49. The molecule has 0 spiro atoms. The van der Waals surface area contributed by atoms with Gasteiger partial charge in [0.15, 0.2) is 11.4 Å². The van der Waals surface area contributed by atoms with Crippen LogP contribution >= 0.6 is 23.2 Å². The molecule has 0 radical (unpaired) electrons. The van der Waals surface area contributed by atoms with E-state index in [1.807, 2.05) is 0 Å². The summed E-state index contributed by atoms with van der Waals surface area (Å²) >= 11 is 11.0. The van der Waals surface area contributed by atoms with Crippen LogP contribution in [0, 0.1) is 0 Å². The number of aldehydes is 1. The van der Waals surface area contributed by atoms with E-state index in [9.17, 15) is 4.79 Å². The van der Waals surface area contributed by atoms with E-state index in [0.717, 1.165) is 0 Å². The summed E-state index contributed by atoms with van der Waals surface area (Å²) in [5, 5.41) is 0.356. The Morgan fingerprint density at radius 3 is 2.40 bits per heavy atom. The number of imidazole rings is 1. The molecule has 0 saturated carbocycles. The first kappa shape index (κ1) is 7.57. The van der Waals surface area contributed by atoms with Crippen molar-refractivity contribution in [1.82, 2.24) is 9.55 Å². The van der Waals surface area contributed by atoms with Crippen LogP contribution in [-0.4, -0.2) is 15.8 Å². The molecule has 0 unspecified atom stereocenters. The van der Waals surface area contributed by atoms with Crippen molar-refractivity contribution in [3.63, 3.8) is 0 Å². The Labute approximate surface area is 67.6 Å². The molecule has 0 aliphatic heterocycles. The van der Waals surface area contributed by atoms with Crippen LogP contribution in [0.2, 0.25) is 10.4 Å². The van der Waals surface area contributed by atoms with Gasteiger partial charge >= 0.3 is 0 Å². The van der Waals surface area contributed by atoms with Crippen molar-refractivity contribution in [3.05, 3.63) is 16.1 Å². The van der Waals surface area contributed by atoms with Gasteiger partial charge in [-0.3, -0.25) is 4.79 Å². The van der Waals surface area contributed by atoms with Gasteiger partial charge in [-0.1, -0.05) is 11.6 Å². The second kappa shape index (κ2) is 2.60. The van der Waals surface area contributed by atoms with Gasteiger partial charge in [-0.05, 0) is 11.6 Å². The van der Waals surface area contributed by atoms with Gasteiger partial charge in [0.1, 0.15) is 5.69 Å². The lowest BCUT2D eigenvalue weighted by molar-refractivity contribution is 0.111. The zero-order valence-corrected chi connectivity index (χ0v) is 6.65. The molecule has 5 heteroatoms. The number of rotatable bonds is 1. The van der Waals surface area contributed by atoms with E-state index < -0.39 is 0 Å². The van der Waals surface area contributed by atoms with Crippen molar-refractivity contribution in [1.29, 1.82) is 0 Å². The topological polar surface area (TPSA) is 34.9 Å². The first-order chi connectivity index (χ1) is 4.66. The number of halogens is 2. The van der Waals surface area contributed by atoms with Crippen molar-refractivity contribution in [3.8, 4) is 0 Å². The van der Waals surface area contributed by atoms with E-state index in [4.69, 9.17) is 23.2 Å². The van der Waals surface area contributed by atoms with Crippen molar-refractivity contribution in [2.75, 3.05) is 0 Å². The van der Waals surface area contributed by atoms with Gasteiger partial charge in [-0.15, -0.1) is 0 Å². The summed E-state index contributed by atoms with van der Waals surface area (Å²) in [5.41, 5.74) is 0.298. The lowest BCUT2D eigenvalue weighted by atomic mass is 10.5. The number of carbonyl (C=O) groups excluding carboxylic acids is 1. The Bertz CT molecular complexity index is 269. The Morgan fingerprint density at radius 1 is 1.60 bits per heavy atom. The molecular weight excluding hydrogens is 175 g/mol. The minimum Gasteiger partial charge on any atom is -0.314 e. The summed E-state index contributed by atoms with van der Waals surface area (Å²) < 4.78 is 1.41. The minimum absolute atomic E-state index is 0.141. The van der Waals surface area contributed by atoms with Crippen LogP contribution in [0.1, 0.15) is 10.5 Å². The van der Waals surface area contributed by atoms with Crippen LogP contribution in [0.15, 0.2) is 0 Å². The molecule has 1 aromatic rings. The highest BCUT2D eigenvalue weighted by Crippen LogP contribution is 2.16. The summed E-state index contributed by atoms with van der Waals surface area (Å²) in [5.74, 6) is 0. The lowest BCUT2D eigenvalue weighted by Crippen LogP contribution is -1.93. The van der Waals surface area contributed by atoms with E-state index >= 15 is 0 Å². The summed E-state index contributed by atoms with van der Waals surface area (Å²) in [6.07, 6.45) is 0.612. The van der Waals surface area contributed by atoms with Gasteiger partial charge in [0, 0.05) is 7.05 Å². The van der Waals surface area contributed by atoms with E-state index in [1.54, 1.807) is 7.05 Å².